The summed E-state index contributed by atoms with van der Waals surface area (Å²) >= 11 is 0. The molecule has 2 rings (SSSR count). The molecule has 0 radical (unpaired) electrons. The Hall–Kier alpha value is -1.35. The summed E-state index contributed by atoms with van der Waals surface area (Å²) in [4.78, 5) is 0. The van der Waals surface area contributed by atoms with Gasteiger partial charge in [0.05, 0.1) is 0 Å². The van der Waals surface area contributed by atoms with Gasteiger partial charge in [-0.1, -0.05) is 6.92 Å². The summed E-state index contributed by atoms with van der Waals surface area (Å²) in [6.45, 7) is 3.65. The van der Waals surface area contributed by atoms with Crippen LogP contribution in [-0.4, -0.2) is 11.1 Å². The Kier molecular flexibility index (Phi) is 2.73. The van der Waals surface area contributed by atoms with Gasteiger partial charge >= 0.3 is 0 Å². The number of hydrogen-bond acceptors (Lipinski definition) is 1. The molecule has 0 saturated heterocycles. The molecule has 3 heteroatoms. The number of halogens is 1. The number of fused-ring (bicyclic) bond motifs is 1. The molecule has 1 aromatic carbocycles. The van der Waals surface area contributed by atoms with Crippen LogP contribution in [0.4, 0.5) is 4.39 Å². The fraction of sp³-hybridized carbons (Fsp3) is 0.333. The Morgan fingerprint density at radius 3 is 2.93 bits per heavy atom. The Morgan fingerprint density at radius 1 is 1.40 bits per heavy atom. The molecule has 1 aromatic heterocycles. The number of nitrogens with two attached hydrogens (primary N) is 1. The van der Waals surface area contributed by atoms with E-state index < -0.39 is 0 Å². The molecule has 0 aliphatic carbocycles. The van der Waals surface area contributed by atoms with Gasteiger partial charge in [-0.3, -0.25) is 0 Å². The quantitative estimate of drug-likeness (QED) is 0.821. The zero-order valence-electron chi connectivity index (χ0n) is 8.78. The lowest BCUT2D eigenvalue weighted by Gasteiger charge is -2.10. The number of benzene rings is 1. The fourth-order valence-corrected chi connectivity index (χ4v) is 1.74. The Bertz CT molecular complexity index is 462. The van der Waals surface area contributed by atoms with Crippen LogP contribution in [-0.2, 0) is 6.54 Å². The van der Waals surface area contributed by atoms with Crippen LogP contribution in [0.5, 0.6) is 0 Å². The van der Waals surface area contributed by atoms with Gasteiger partial charge in [0.1, 0.15) is 5.82 Å². The molecular weight excluding hydrogens is 191 g/mol. The van der Waals surface area contributed by atoms with Crippen molar-refractivity contribution in [1.82, 2.24) is 4.57 Å². The molecule has 0 saturated carbocycles. The zero-order valence-corrected chi connectivity index (χ0v) is 8.78. The SMILES string of the molecule is CC(CN)Cn1ccc2cc(F)ccc21. The highest BCUT2D eigenvalue weighted by Crippen LogP contribution is 2.18. The molecule has 1 heterocycles. The van der Waals surface area contributed by atoms with Crippen molar-refractivity contribution in [3.8, 4) is 0 Å². The van der Waals surface area contributed by atoms with E-state index in [1.807, 2.05) is 18.3 Å². The molecule has 0 amide bonds. The predicted molar refractivity (Wildman–Crippen MR) is 60.1 cm³/mol. The summed E-state index contributed by atoms with van der Waals surface area (Å²) in [5.41, 5.74) is 6.65. The van der Waals surface area contributed by atoms with Gasteiger partial charge in [0, 0.05) is 23.6 Å². The zero-order chi connectivity index (χ0) is 10.8. The highest BCUT2D eigenvalue weighted by Gasteiger charge is 2.05. The van der Waals surface area contributed by atoms with Crippen LogP contribution in [0.25, 0.3) is 10.9 Å². The number of hydrogen-bond donors (Lipinski definition) is 1. The van der Waals surface area contributed by atoms with E-state index in [9.17, 15) is 4.39 Å². The molecule has 0 aliphatic rings. The maximum Gasteiger partial charge on any atom is 0.123 e. The maximum atomic E-state index is 12.9. The highest BCUT2D eigenvalue weighted by molar-refractivity contribution is 5.80. The summed E-state index contributed by atoms with van der Waals surface area (Å²) in [6.07, 6.45) is 1.98. The molecule has 0 spiro atoms. The van der Waals surface area contributed by atoms with Gasteiger partial charge in [0.15, 0.2) is 0 Å². The van der Waals surface area contributed by atoms with Crippen LogP contribution in [0, 0.1) is 11.7 Å². The summed E-state index contributed by atoms with van der Waals surface area (Å²) in [5, 5.41) is 0.944. The lowest BCUT2D eigenvalue weighted by atomic mass is 10.2. The average molecular weight is 206 g/mol. The minimum absolute atomic E-state index is 0.188. The minimum Gasteiger partial charge on any atom is -0.347 e. The number of aromatic nitrogens is 1. The van der Waals surface area contributed by atoms with Crippen molar-refractivity contribution in [1.29, 1.82) is 0 Å². The Labute approximate surface area is 88.5 Å². The average Bonchev–Trinajstić information content (AvgIpc) is 2.60. The maximum absolute atomic E-state index is 12.9. The first-order valence-corrected chi connectivity index (χ1v) is 5.15. The highest BCUT2D eigenvalue weighted by atomic mass is 19.1. The second kappa shape index (κ2) is 4.03. The summed E-state index contributed by atoms with van der Waals surface area (Å²) in [6, 6.07) is 6.79. The van der Waals surface area contributed by atoms with Crippen molar-refractivity contribution in [3.63, 3.8) is 0 Å². The molecule has 1 unspecified atom stereocenters. The van der Waals surface area contributed by atoms with Gasteiger partial charge < -0.3 is 10.3 Å². The van der Waals surface area contributed by atoms with Crippen molar-refractivity contribution in [2.24, 2.45) is 11.7 Å². The van der Waals surface area contributed by atoms with Crippen LogP contribution in [0.2, 0.25) is 0 Å². The standard InChI is InChI=1S/C12H15FN2/c1-9(7-14)8-15-5-4-10-6-11(13)2-3-12(10)15/h2-6,9H,7-8,14H2,1H3. The molecule has 2 N–H and O–H groups in total. The van der Waals surface area contributed by atoms with Crippen molar-refractivity contribution < 1.29 is 4.39 Å². The first-order valence-electron chi connectivity index (χ1n) is 5.15. The van der Waals surface area contributed by atoms with E-state index in [-0.39, 0.29) is 5.82 Å². The third-order valence-electron chi connectivity index (χ3n) is 2.64. The fourth-order valence-electron chi connectivity index (χ4n) is 1.74. The van der Waals surface area contributed by atoms with Gasteiger partial charge in [0.2, 0.25) is 0 Å². The molecule has 0 aliphatic heterocycles. The van der Waals surface area contributed by atoms with Gasteiger partial charge in [0.25, 0.3) is 0 Å². The van der Waals surface area contributed by atoms with Crippen LogP contribution >= 0.6 is 0 Å². The van der Waals surface area contributed by atoms with E-state index in [0.717, 1.165) is 17.4 Å². The second-order valence-corrected chi connectivity index (χ2v) is 4.01. The van der Waals surface area contributed by atoms with Crippen LogP contribution < -0.4 is 5.73 Å². The lowest BCUT2D eigenvalue weighted by molar-refractivity contribution is 0.502. The van der Waals surface area contributed by atoms with Crippen molar-refractivity contribution in [2.45, 2.75) is 13.5 Å². The summed E-state index contributed by atoms with van der Waals surface area (Å²) < 4.78 is 15.1. The van der Waals surface area contributed by atoms with Gasteiger partial charge in [-0.15, -0.1) is 0 Å². The largest absolute Gasteiger partial charge is 0.347 e. The van der Waals surface area contributed by atoms with E-state index >= 15 is 0 Å². The first-order chi connectivity index (χ1) is 7.20. The topological polar surface area (TPSA) is 30.9 Å². The number of nitrogens with zero attached hydrogens (tertiary/aromatic N) is 1. The molecule has 2 nitrogen and oxygen atoms in total. The van der Waals surface area contributed by atoms with Crippen molar-refractivity contribution >= 4 is 10.9 Å². The van der Waals surface area contributed by atoms with Crippen molar-refractivity contribution in [2.75, 3.05) is 6.54 Å². The molecule has 1 atom stereocenters. The van der Waals surface area contributed by atoms with Gasteiger partial charge in [-0.2, -0.15) is 0 Å². The van der Waals surface area contributed by atoms with Gasteiger partial charge in [-0.25, -0.2) is 4.39 Å². The molecule has 80 valence electrons. The first kappa shape index (κ1) is 10.2. The third-order valence-corrected chi connectivity index (χ3v) is 2.64. The third kappa shape index (κ3) is 2.02. The number of rotatable bonds is 3. The molecule has 0 fully saturated rings. The lowest BCUT2D eigenvalue weighted by Crippen LogP contribution is -2.16. The van der Waals surface area contributed by atoms with Crippen LogP contribution in [0.15, 0.2) is 30.5 Å². The predicted octanol–water partition coefficient (Wildman–Crippen LogP) is 2.38. The second-order valence-electron chi connectivity index (χ2n) is 4.01. The molecule has 2 aromatic rings. The molecule has 15 heavy (non-hydrogen) atoms. The normalized spacial score (nSPS) is 13.3. The monoisotopic (exact) mass is 206 g/mol. The summed E-state index contributed by atoms with van der Waals surface area (Å²) in [7, 11) is 0. The van der Waals surface area contributed by atoms with E-state index in [2.05, 4.69) is 11.5 Å². The van der Waals surface area contributed by atoms with Crippen LogP contribution in [0.3, 0.4) is 0 Å². The van der Waals surface area contributed by atoms with Gasteiger partial charge in [-0.05, 0) is 36.7 Å². The minimum atomic E-state index is -0.188. The van der Waals surface area contributed by atoms with Crippen molar-refractivity contribution in [3.05, 3.63) is 36.3 Å². The smallest absolute Gasteiger partial charge is 0.123 e. The summed E-state index contributed by atoms with van der Waals surface area (Å²) in [5.74, 6) is 0.248. The molecular formula is C12H15FN2. The van der Waals surface area contributed by atoms with E-state index in [0.29, 0.717) is 12.5 Å². The Balaban J connectivity index is 2.36. The van der Waals surface area contributed by atoms with E-state index in [1.165, 1.54) is 6.07 Å². The molecule has 0 bridgehead atoms. The van der Waals surface area contributed by atoms with E-state index in [4.69, 9.17) is 5.73 Å². The Morgan fingerprint density at radius 2 is 2.20 bits per heavy atom. The van der Waals surface area contributed by atoms with E-state index in [1.54, 1.807) is 6.07 Å². The van der Waals surface area contributed by atoms with Crippen LogP contribution in [0.1, 0.15) is 6.92 Å².